The maximum absolute atomic E-state index is 13.6. The van der Waals surface area contributed by atoms with Crippen LogP contribution in [0.2, 0.25) is 0 Å². The fourth-order valence-corrected chi connectivity index (χ4v) is 6.68. The number of hydrogen-bond acceptors (Lipinski definition) is 6. The Bertz CT molecular complexity index is 1090. The number of methoxy groups -OCH3 is 1. The van der Waals surface area contributed by atoms with Crippen molar-refractivity contribution < 1.29 is 19.1 Å². The molecule has 1 aromatic carbocycles. The average molecular weight is 511 g/mol. The van der Waals surface area contributed by atoms with Gasteiger partial charge in [-0.05, 0) is 69.9 Å². The number of fused-ring (bicyclic) bond motifs is 5. The molecule has 5 atom stereocenters. The molecule has 202 valence electrons. The number of hydrogen-bond donors (Lipinski definition) is 2. The third-order valence-electron chi connectivity index (χ3n) is 8.83. The summed E-state index contributed by atoms with van der Waals surface area (Å²) < 4.78 is 11.7. The second kappa shape index (κ2) is 9.93. The number of ether oxygens (including phenoxy) is 2. The van der Waals surface area contributed by atoms with E-state index in [1.54, 1.807) is 12.0 Å². The van der Waals surface area contributed by atoms with Crippen molar-refractivity contribution in [1.29, 1.82) is 0 Å². The molecule has 5 aliphatic rings. The molecule has 8 heteroatoms. The first-order chi connectivity index (χ1) is 17.6. The third kappa shape index (κ3) is 5.22. The number of nitrogens with one attached hydrogen (secondary N) is 1. The highest BCUT2D eigenvalue weighted by molar-refractivity contribution is 5.99. The van der Waals surface area contributed by atoms with Crippen LogP contribution < -0.4 is 15.8 Å². The zero-order chi connectivity index (χ0) is 26.4. The monoisotopic (exact) mass is 510 g/mol. The van der Waals surface area contributed by atoms with E-state index in [-0.39, 0.29) is 41.3 Å². The lowest BCUT2D eigenvalue weighted by molar-refractivity contribution is -0.133. The van der Waals surface area contributed by atoms with Crippen molar-refractivity contribution in [3.63, 3.8) is 0 Å². The van der Waals surface area contributed by atoms with Crippen molar-refractivity contribution in [2.24, 2.45) is 22.6 Å². The van der Waals surface area contributed by atoms with Crippen molar-refractivity contribution in [3.05, 3.63) is 29.3 Å². The normalized spacial score (nSPS) is 33.1. The molecule has 4 heterocycles. The Kier molecular flexibility index (Phi) is 6.98. The predicted molar refractivity (Wildman–Crippen MR) is 142 cm³/mol. The predicted octanol–water partition coefficient (Wildman–Crippen LogP) is 3.87. The zero-order valence-electron chi connectivity index (χ0n) is 22.7. The second-order valence-electron chi connectivity index (χ2n) is 12.0. The van der Waals surface area contributed by atoms with E-state index in [9.17, 15) is 9.59 Å². The summed E-state index contributed by atoms with van der Waals surface area (Å²) in [6, 6.07) is 6.12. The van der Waals surface area contributed by atoms with Crippen LogP contribution in [0, 0.1) is 11.8 Å². The Balaban J connectivity index is 1.49. The molecule has 4 aliphatic heterocycles. The van der Waals surface area contributed by atoms with Gasteiger partial charge in [0.05, 0.1) is 18.0 Å². The molecule has 1 fully saturated rings. The van der Waals surface area contributed by atoms with E-state index in [1.165, 1.54) is 5.56 Å². The van der Waals surface area contributed by atoms with E-state index in [1.807, 2.05) is 0 Å². The van der Waals surface area contributed by atoms with Gasteiger partial charge < -0.3 is 20.5 Å². The van der Waals surface area contributed by atoms with E-state index < -0.39 is 5.54 Å². The fourth-order valence-electron chi connectivity index (χ4n) is 6.68. The summed E-state index contributed by atoms with van der Waals surface area (Å²) in [6.45, 7) is 6.73. The largest absolute Gasteiger partial charge is 0.487 e. The van der Waals surface area contributed by atoms with Crippen molar-refractivity contribution in [2.75, 3.05) is 13.7 Å². The van der Waals surface area contributed by atoms with Gasteiger partial charge in [0.1, 0.15) is 11.4 Å². The van der Waals surface area contributed by atoms with Gasteiger partial charge in [-0.2, -0.15) is 0 Å². The molecule has 0 saturated heterocycles. The molecule has 1 aromatic rings. The maximum Gasteiger partial charge on any atom is 0.231 e. The second-order valence-corrected chi connectivity index (χ2v) is 12.0. The lowest BCUT2D eigenvalue weighted by Crippen LogP contribution is -2.56. The molecule has 4 bridgehead atoms. The molecule has 37 heavy (non-hydrogen) atoms. The van der Waals surface area contributed by atoms with E-state index in [2.05, 4.69) is 44.3 Å². The molecule has 3 N–H and O–H groups in total. The molecule has 0 aromatic heterocycles. The summed E-state index contributed by atoms with van der Waals surface area (Å²) in [7, 11) is 1.66. The number of carbonyl (C=O) groups excluding carboxylic acids is 2. The standard InChI is InChI=1S/C29H42N4O4/c1-5-29-12-7-6-8-18-9-10-24-21(14-18)22(16-28(2,3)37-24)31-26(35)20-15-19(20)23(11-13-36-4)33(25(34)17-29)27(30)32-29/h9-10,14,19-20,22-23H,5-8,11-13,15-17H2,1-4H3,(H2,30,32)(H,31,35)/t19-,20-,22-,23+,29+/m0/s1. The van der Waals surface area contributed by atoms with E-state index >= 15 is 0 Å². The summed E-state index contributed by atoms with van der Waals surface area (Å²) in [5.74, 6) is 1.10. The summed E-state index contributed by atoms with van der Waals surface area (Å²) in [5, 5.41) is 3.35. The molecule has 1 saturated carbocycles. The topological polar surface area (TPSA) is 106 Å². The van der Waals surface area contributed by atoms with Gasteiger partial charge >= 0.3 is 0 Å². The zero-order valence-corrected chi connectivity index (χ0v) is 22.7. The molecule has 8 nitrogen and oxygen atoms in total. The van der Waals surface area contributed by atoms with Gasteiger partial charge in [-0.3, -0.25) is 14.5 Å². The Morgan fingerprint density at radius 1 is 1.27 bits per heavy atom. The molecule has 0 radical (unpaired) electrons. The van der Waals surface area contributed by atoms with Crippen LogP contribution in [-0.2, 0) is 20.7 Å². The maximum atomic E-state index is 13.6. The third-order valence-corrected chi connectivity index (χ3v) is 8.83. The first-order valence-electron chi connectivity index (χ1n) is 13.9. The van der Waals surface area contributed by atoms with Gasteiger partial charge in [0.15, 0.2) is 5.96 Å². The summed E-state index contributed by atoms with van der Waals surface area (Å²) in [4.78, 5) is 33.7. The fraction of sp³-hybridized carbons (Fsp3) is 0.690. The van der Waals surface area contributed by atoms with E-state index in [0.717, 1.165) is 49.8 Å². The number of rotatable bonds is 4. The number of nitrogens with zero attached hydrogens (tertiary/aromatic N) is 2. The van der Waals surface area contributed by atoms with Crippen molar-refractivity contribution in [2.45, 2.75) is 102 Å². The molecule has 0 unspecified atom stereocenters. The highest BCUT2D eigenvalue weighted by Gasteiger charge is 2.53. The van der Waals surface area contributed by atoms with Gasteiger partial charge in [-0.25, -0.2) is 4.99 Å². The minimum atomic E-state index is -0.446. The quantitative estimate of drug-likeness (QED) is 0.640. The Hall–Kier alpha value is -2.61. The SMILES string of the molecule is CC[C@@]12CCCCc3ccc4c(c3)[C@H](CC(C)(C)O4)NC(=O)[C@H]3C[C@@H]3[C@@H](CCOC)N(C(=O)C1)C(N)=N2. The smallest absolute Gasteiger partial charge is 0.231 e. The van der Waals surface area contributed by atoms with Crippen molar-refractivity contribution in [3.8, 4) is 5.75 Å². The minimum Gasteiger partial charge on any atom is -0.487 e. The van der Waals surface area contributed by atoms with Crippen LogP contribution in [0.3, 0.4) is 0 Å². The van der Waals surface area contributed by atoms with Gasteiger partial charge in [-0.1, -0.05) is 25.5 Å². The van der Waals surface area contributed by atoms with Crippen LogP contribution in [0.5, 0.6) is 5.75 Å². The van der Waals surface area contributed by atoms with Gasteiger partial charge in [-0.15, -0.1) is 0 Å². The summed E-state index contributed by atoms with van der Waals surface area (Å²) in [5.41, 5.74) is 8.02. The number of nitrogens with two attached hydrogens (primary N) is 1. The van der Waals surface area contributed by atoms with E-state index in [0.29, 0.717) is 31.8 Å². The summed E-state index contributed by atoms with van der Waals surface area (Å²) >= 11 is 0. The van der Waals surface area contributed by atoms with E-state index in [4.69, 9.17) is 20.2 Å². The molecule has 0 spiro atoms. The van der Waals surface area contributed by atoms with Crippen LogP contribution >= 0.6 is 0 Å². The van der Waals surface area contributed by atoms with Crippen LogP contribution in [-0.4, -0.2) is 53.6 Å². The number of aryl methyl sites for hydroxylation is 1. The number of guanidine groups is 1. The van der Waals surface area contributed by atoms with Crippen molar-refractivity contribution in [1.82, 2.24) is 10.2 Å². The molecular weight excluding hydrogens is 468 g/mol. The molecule has 6 rings (SSSR count). The highest BCUT2D eigenvalue weighted by atomic mass is 16.5. The number of benzene rings is 1. The minimum absolute atomic E-state index is 0.0216. The van der Waals surface area contributed by atoms with Gasteiger partial charge in [0.2, 0.25) is 11.8 Å². The lowest BCUT2D eigenvalue weighted by atomic mass is 9.84. The van der Waals surface area contributed by atoms with Crippen LogP contribution in [0.1, 0.15) is 89.3 Å². The van der Waals surface area contributed by atoms with Crippen LogP contribution in [0.25, 0.3) is 0 Å². The first-order valence-corrected chi connectivity index (χ1v) is 13.9. The number of amides is 2. The number of aliphatic imine (C=N–C) groups is 1. The first kappa shape index (κ1) is 26.0. The highest BCUT2D eigenvalue weighted by Crippen LogP contribution is 2.47. The Morgan fingerprint density at radius 2 is 2.08 bits per heavy atom. The van der Waals surface area contributed by atoms with Crippen LogP contribution in [0.15, 0.2) is 23.2 Å². The van der Waals surface area contributed by atoms with Crippen molar-refractivity contribution >= 4 is 17.8 Å². The van der Waals surface area contributed by atoms with Gasteiger partial charge in [0, 0.05) is 37.7 Å². The Morgan fingerprint density at radius 3 is 2.81 bits per heavy atom. The lowest BCUT2D eigenvalue weighted by Gasteiger charge is -2.41. The number of carbonyl (C=O) groups is 2. The van der Waals surface area contributed by atoms with Crippen LogP contribution in [0.4, 0.5) is 0 Å². The molecule has 2 amide bonds. The molecule has 1 aliphatic carbocycles. The summed E-state index contributed by atoms with van der Waals surface area (Å²) in [6.07, 6.45) is 6.95. The van der Waals surface area contributed by atoms with Gasteiger partial charge in [0.25, 0.3) is 0 Å². The Labute approximate surface area is 220 Å². The average Bonchev–Trinajstić information content (AvgIpc) is 3.63. The molecular formula is C29H42N4O4.